The van der Waals surface area contributed by atoms with Crippen molar-refractivity contribution in [3.63, 3.8) is 0 Å². The summed E-state index contributed by atoms with van der Waals surface area (Å²) in [4.78, 5) is 6.77. The van der Waals surface area contributed by atoms with Gasteiger partial charge in [0.05, 0.1) is 12.4 Å². The Bertz CT molecular complexity index is 576. The zero-order valence-corrected chi connectivity index (χ0v) is 10.7. The summed E-state index contributed by atoms with van der Waals surface area (Å²) in [6.45, 7) is 3.44. The van der Waals surface area contributed by atoms with Crippen molar-refractivity contribution in [2.45, 2.75) is 25.3 Å². The van der Waals surface area contributed by atoms with E-state index in [9.17, 15) is 0 Å². The molecule has 1 saturated carbocycles. The van der Waals surface area contributed by atoms with Gasteiger partial charge in [-0.05, 0) is 42.2 Å². The predicted octanol–water partition coefficient (Wildman–Crippen LogP) is 0.415. The molecule has 3 heterocycles. The van der Waals surface area contributed by atoms with Crippen LogP contribution in [0.3, 0.4) is 0 Å². The van der Waals surface area contributed by atoms with Gasteiger partial charge in [0.1, 0.15) is 5.82 Å². The second kappa shape index (κ2) is 4.41. The van der Waals surface area contributed by atoms with Crippen LogP contribution in [0, 0.1) is 5.92 Å². The van der Waals surface area contributed by atoms with E-state index < -0.39 is 0 Å². The first-order valence-corrected chi connectivity index (χ1v) is 6.90. The summed E-state index contributed by atoms with van der Waals surface area (Å²) in [5, 5.41) is 14.9. The lowest BCUT2D eigenvalue weighted by Gasteiger charge is -2.15. The monoisotopic (exact) mass is 259 g/mol. The molecule has 1 atom stereocenters. The van der Waals surface area contributed by atoms with Crippen molar-refractivity contribution >= 4 is 11.5 Å². The van der Waals surface area contributed by atoms with Gasteiger partial charge in [0.15, 0.2) is 5.65 Å². The lowest BCUT2D eigenvalue weighted by atomic mass is 10.1. The summed E-state index contributed by atoms with van der Waals surface area (Å²) in [6.07, 6.45) is 7.51. The van der Waals surface area contributed by atoms with E-state index in [0.29, 0.717) is 11.6 Å². The zero-order valence-electron chi connectivity index (χ0n) is 10.7. The first-order chi connectivity index (χ1) is 9.40. The molecule has 1 unspecified atom stereocenters. The number of hydrogen-bond acceptors (Lipinski definition) is 6. The SMILES string of the molecule is c1ncc2nnnn2c1NCC1CCN(C2CC2)C1. The van der Waals surface area contributed by atoms with Crippen LogP contribution in [0.25, 0.3) is 5.65 Å². The molecule has 0 amide bonds. The molecular formula is C12H17N7. The summed E-state index contributed by atoms with van der Waals surface area (Å²) in [6, 6.07) is 0.884. The molecule has 19 heavy (non-hydrogen) atoms. The Balaban J connectivity index is 1.40. The fourth-order valence-electron chi connectivity index (χ4n) is 2.85. The fraction of sp³-hybridized carbons (Fsp3) is 0.667. The Kier molecular flexibility index (Phi) is 2.58. The third-order valence-electron chi connectivity index (χ3n) is 4.06. The molecule has 0 spiro atoms. The minimum absolute atomic E-state index is 0.677. The molecule has 1 aliphatic heterocycles. The lowest BCUT2D eigenvalue weighted by Crippen LogP contribution is -2.25. The molecular weight excluding hydrogens is 242 g/mol. The van der Waals surface area contributed by atoms with Crippen molar-refractivity contribution in [1.29, 1.82) is 0 Å². The quantitative estimate of drug-likeness (QED) is 0.858. The number of hydrogen-bond donors (Lipinski definition) is 1. The van der Waals surface area contributed by atoms with E-state index in [1.54, 1.807) is 16.9 Å². The van der Waals surface area contributed by atoms with Crippen molar-refractivity contribution in [1.82, 2.24) is 29.9 Å². The summed E-state index contributed by atoms with van der Waals surface area (Å²) in [5.74, 6) is 1.58. The third kappa shape index (κ3) is 2.14. The molecule has 4 rings (SSSR count). The lowest BCUT2D eigenvalue weighted by molar-refractivity contribution is 0.316. The molecule has 2 aromatic rings. The van der Waals surface area contributed by atoms with E-state index in [1.807, 2.05) is 0 Å². The highest BCUT2D eigenvalue weighted by molar-refractivity contribution is 5.43. The van der Waals surface area contributed by atoms with Crippen molar-refractivity contribution in [2.24, 2.45) is 5.92 Å². The topological polar surface area (TPSA) is 71.2 Å². The van der Waals surface area contributed by atoms with Crippen LogP contribution >= 0.6 is 0 Å². The summed E-state index contributed by atoms with van der Waals surface area (Å²) in [7, 11) is 0. The Labute approximate surface area is 111 Å². The van der Waals surface area contributed by atoms with Crippen molar-refractivity contribution < 1.29 is 0 Å². The van der Waals surface area contributed by atoms with Crippen LogP contribution in [0.15, 0.2) is 12.4 Å². The summed E-state index contributed by atoms with van der Waals surface area (Å²) in [5.41, 5.74) is 0.677. The van der Waals surface area contributed by atoms with E-state index in [4.69, 9.17) is 0 Å². The maximum atomic E-state index is 4.15. The van der Waals surface area contributed by atoms with E-state index in [-0.39, 0.29) is 0 Å². The molecule has 1 saturated heterocycles. The molecule has 0 bridgehead atoms. The highest BCUT2D eigenvalue weighted by Crippen LogP contribution is 2.31. The third-order valence-corrected chi connectivity index (χ3v) is 4.06. The fourth-order valence-corrected chi connectivity index (χ4v) is 2.85. The van der Waals surface area contributed by atoms with Crippen molar-refractivity contribution in [3.8, 4) is 0 Å². The van der Waals surface area contributed by atoms with Crippen LogP contribution in [0.2, 0.25) is 0 Å². The minimum Gasteiger partial charge on any atom is -0.368 e. The molecule has 100 valence electrons. The Morgan fingerprint density at radius 3 is 3.11 bits per heavy atom. The number of nitrogens with zero attached hydrogens (tertiary/aromatic N) is 6. The molecule has 2 aromatic heterocycles. The van der Waals surface area contributed by atoms with Crippen LogP contribution in [-0.2, 0) is 0 Å². The van der Waals surface area contributed by atoms with E-state index >= 15 is 0 Å². The smallest absolute Gasteiger partial charge is 0.199 e. The first kappa shape index (κ1) is 11.1. The number of likely N-dealkylation sites (tertiary alicyclic amines) is 1. The van der Waals surface area contributed by atoms with Gasteiger partial charge in [-0.15, -0.1) is 5.10 Å². The molecule has 7 nitrogen and oxygen atoms in total. The van der Waals surface area contributed by atoms with Crippen LogP contribution in [-0.4, -0.2) is 55.6 Å². The number of anilines is 1. The molecule has 1 N–H and O–H groups in total. The van der Waals surface area contributed by atoms with E-state index in [0.717, 1.165) is 18.4 Å². The maximum absolute atomic E-state index is 4.15. The molecule has 1 aliphatic carbocycles. The zero-order chi connectivity index (χ0) is 12.7. The van der Waals surface area contributed by atoms with Gasteiger partial charge in [-0.3, -0.25) is 4.98 Å². The Hall–Kier alpha value is -1.76. The van der Waals surface area contributed by atoms with Crippen LogP contribution < -0.4 is 5.32 Å². The minimum atomic E-state index is 0.677. The number of rotatable bonds is 4. The second-order valence-electron chi connectivity index (χ2n) is 5.50. The van der Waals surface area contributed by atoms with Gasteiger partial charge in [0.2, 0.25) is 0 Å². The first-order valence-electron chi connectivity index (χ1n) is 6.90. The summed E-state index contributed by atoms with van der Waals surface area (Å²) < 4.78 is 1.70. The number of nitrogens with one attached hydrogen (secondary N) is 1. The van der Waals surface area contributed by atoms with Gasteiger partial charge in [-0.25, -0.2) is 0 Å². The van der Waals surface area contributed by atoms with Crippen LogP contribution in [0.4, 0.5) is 5.82 Å². The standard InChI is InChI=1S/C12H17N7/c1-2-10(1)18-4-3-9(8-18)5-14-11-6-13-7-12-15-16-17-19(11)12/h6-7,9-10,14H,1-5,8H2. The normalized spacial score (nSPS) is 24.1. The van der Waals surface area contributed by atoms with Gasteiger partial charge in [0, 0.05) is 19.1 Å². The van der Waals surface area contributed by atoms with Gasteiger partial charge in [-0.1, -0.05) is 0 Å². The second-order valence-corrected chi connectivity index (χ2v) is 5.50. The van der Waals surface area contributed by atoms with E-state index in [1.165, 1.54) is 32.4 Å². The van der Waals surface area contributed by atoms with Gasteiger partial charge < -0.3 is 10.2 Å². The summed E-state index contributed by atoms with van der Waals surface area (Å²) >= 11 is 0. The van der Waals surface area contributed by atoms with Gasteiger partial charge in [-0.2, -0.15) is 4.52 Å². The molecule has 7 heteroatoms. The Morgan fingerprint density at radius 1 is 1.26 bits per heavy atom. The highest BCUT2D eigenvalue weighted by Gasteiger charge is 2.34. The average molecular weight is 259 g/mol. The van der Waals surface area contributed by atoms with Gasteiger partial charge in [0.25, 0.3) is 0 Å². The number of aromatic nitrogens is 5. The maximum Gasteiger partial charge on any atom is 0.199 e. The number of fused-ring (bicyclic) bond motifs is 1. The Morgan fingerprint density at radius 2 is 2.21 bits per heavy atom. The van der Waals surface area contributed by atoms with Crippen molar-refractivity contribution in [3.05, 3.63) is 12.4 Å². The van der Waals surface area contributed by atoms with Crippen LogP contribution in [0.5, 0.6) is 0 Å². The van der Waals surface area contributed by atoms with E-state index in [2.05, 4.69) is 30.7 Å². The highest BCUT2D eigenvalue weighted by atomic mass is 15.5. The molecule has 0 radical (unpaired) electrons. The number of tetrazole rings is 1. The average Bonchev–Trinajstić information content (AvgIpc) is 3.00. The largest absolute Gasteiger partial charge is 0.368 e. The molecule has 2 fully saturated rings. The van der Waals surface area contributed by atoms with Crippen LogP contribution in [0.1, 0.15) is 19.3 Å². The van der Waals surface area contributed by atoms with Crippen molar-refractivity contribution in [2.75, 3.05) is 25.0 Å². The molecule has 0 aromatic carbocycles. The molecule has 2 aliphatic rings. The van der Waals surface area contributed by atoms with Gasteiger partial charge >= 0.3 is 0 Å². The predicted molar refractivity (Wildman–Crippen MR) is 69.8 cm³/mol.